The van der Waals surface area contributed by atoms with Crippen LogP contribution in [0.5, 0.6) is 28.7 Å². The predicted molar refractivity (Wildman–Crippen MR) is 181 cm³/mol. The number of aromatic hydroxyl groups is 1. The molecule has 5 atom stereocenters. The van der Waals surface area contributed by atoms with Crippen LogP contribution in [0.4, 0.5) is 13.2 Å². The lowest BCUT2D eigenvalue weighted by atomic mass is 9.71. The number of likely N-dealkylation sites (N-methyl/N-ethyl adjacent to an activating group) is 1. The molecule has 4 aliphatic heterocycles. The first-order chi connectivity index (χ1) is 24.7. The highest BCUT2D eigenvalue weighted by Crippen LogP contribution is 2.58. The van der Waals surface area contributed by atoms with Gasteiger partial charge in [0.15, 0.2) is 23.0 Å². The van der Waals surface area contributed by atoms with Crippen LogP contribution < -0.4 is 24.3 Å². The second-order valence-electron chi connectivity index (χ2n) is 13.5. The first-order valence-electron chi connectivity index (χ1n) is 16.8. The summed E-state index contributed by atoms with van der Waals surface area (Å²) in [5, 5.41) is 25.4. The Hall–Kier alpha value is -5.26. The molecule has 1 fully saturated rings. The Balaban J connectivity index is 1.35. The monoisotopic (exact) mass is 718 g/mol. The Morgan fingerprint density at radius 1 is 1.12 bits per heavy atom. The number of amides is 1. The number of fused-ring (bicyclic) bond motifs is 9. The first kappa shape index (κ1) is 35.2. The molecule has 0 radical (unpaired) electrons. The molecule has 0 aromatic heterocycles. The highest BCUT2D eigenvalue weighted by molar-refractivity contribution is 5.91. The van der Waals surface area contributed by atoms with Crippen molar-refractivity contribution in [2.24, 2.45) is 0 Å². The van der Waals surface area contributed by atoms with E-state index in [1.54, 1.807) is 6.92 Å². The number of nitriles is 1. The number of ether oxygens (including phenoxy) is 4. The Kier molecular flexibility index (Phi) is 8.83. The molecule has 1 amide bonds. The molecule has 4 aliphatic rings. The van der Waals surface area contributed by atoms with Crippen LogP contribution in [0.25, 0.3) is 6.08 Å². The number of alkyl halides is 3. The molecule has 52 heavy (non-hydrogen) atoms. The third-order valence-electron chi connectivity index (χ3n) is 10.6. The van der Waals surface area contributed by atoms with Gasteiger partial charge in [0.2, 0.25) is 12.7 Å². The molecule has 0 spiro atoms. The van der Waals surface area contributed by atoms with E-state index in [-0.39, 0.29) is 37.1 Å². The topological polar surface area (TPSA) is 134 Å². The highest BCUT2D eigenvalue weighted by atomic mass is 19.4. The van der Waals surface area contributed by atoms with Gasteiger partial charge in [0.1, 0.15) is 11.8 Å². The lowest BCUT2D eigenvalue weighted by Crippen LogP contribution is -2.68. The van der Waals surface area contributed by atoms with Crippen molar-refractivity contribution in [3.8, 4) is 34.8 Å². The summed E-state index contributed by atoms with van der Waals surface area (Å²) in [6.07, 6.45) is -1.34. The van der Waals surface area contributed by atoms with E-state index in [0.29, 0.717) is 51.7 Å². The Labute approximate surface area is 298 Å². The number of aryl methyl sites for hydroxylation is 1. The van der Waals surface area contributed by atoms with Gasteiger partial charge in [-0.15, -0.1) is 0 Å². The molecule has 1 saturated heterocycles. The fourth-order valence-electron chi connectivity index (χ4n) is 8.56. The number of carbonyl (C=O) groups is 2. The fraction of sp³-hybridized carbons (Fsp3) is 0.395. The van der Waals surface area contributed by atoms with Gasteiger partial charge in [0, 0.05) is 53.9 Å². The summed E-state index contributed by atoms with van der Waals surface area (Å²) in [5.41, 5.74) is 3.50. The van der Waals surface area contributed by atoms with E-state index >= 15 is 0 Å². The maximum Gasteiger partial charge on any atom is 0.416 e. The van der Waals surface area contributed by atoms with Crippen molar-refractivity contribution in [3.63, 3.8) is 0 Å². The van der Waals surface area contributed by atoms with Gasteiger partial charge in [0.25, 0.3) is 0 Å². The third kappa shape index (κ3) is 5.68. The van der Waals surface area contributed by atoms with E-state index in [9.17, 15) is 33.1 Å². The van der Waals surface area contributed by atoms with Gasteiger partial charge < -0.3 is 29.4 Å². The number of esters is 1. The van der Waals surface area contributed by atoms with Crippen LogP contribution in [-0.4, -0.2) is 72.4 Å². The smallest absolute Gasteiger partial charge is 0.416 e. The van der Waals surface area contributed by atoms with E-state index in [1.807, 2.05) is 20.0 Å². The molecule has 4 heterocycles. The lowest BCUT2D eigenvalue weighted by Gasteiger charge is -2.60. The number of hydrogen-bond donors (Lipinski definition) is 2. The molecule has 3 aromatic carbocycles. The van der Waals surface area contributed by atoms with Crippen molar-refractivity contribution in [1.29, 1.82) is 5.26 Å². The number of phenolic OH excluding ortho intramolecular Hbond substituents is 1. The molecular formula is C38H37F3N4O7. The van der Waals surface area contributed by atoms with Crippen LogP contribution in [0, 0.1) is 25.2 Å². The summed E-state index contributed by atoms with van der Waals surface area (Å²) in [5.74, 6) is 0.350. The van der Waals surface area contributed by atoms with Crippen LogP contribution in [-0.2, 0) is 28.6 Å². The number of nitrogens with zero attached hydrogens (tertiary/aromatic N) is 3. The number of benzene rings is 3. The number of piperazine rings is 1. The summed E-state index contributed by atoms with van der Waals surface area (Å²) in [6, 6.07) is 6.51. The second kappa shape index (κ2) is 13.1. The zero-order valence-corrected chi connectivity index (χ0v) is 29.1. The van der Waals surface area contributed by atoms with Crippen LogP contribution in [0.2, 0.25) is 0 Å². The molecule has 3 aromatic rings. The first-order valence-corrected chi connectivity index (χ1v) is 16.8. The normalized spacial score (nSPS) is 23.3. The molecule has 272 valence electrons. The van der Waals surface area contributed by atoms with Gasteiger partial charge in [-0.05, 0) is 68.6 Å². The van der Waals surface area contributed by atoms with Crippen LogP contribution in [0.1, 0.15) is 63.5 Å². The SMILES string of the molecule is COc1c(C)cc2c(c1O)[C@H]1C3Cc4c(OC(C)=O)c(C)c5c(c4[C@H](CNC(=O)/C=C/c4cccc(C(F)(F)F)c4)N3[C@@H](C#N)[C@@H](C2)N1C)OCO5. The van der Waals surface area contributed by atoms with Crippen LogP contribution in [0.15, 0.2) is 36.4 Å². The minimum absolute atomic E-state index is 0.0145. The number of carbonyl (C=O) groups excluding carboxylic acids is 2. The lowest BCUT2D eigenvalue weighted by molar-refractivity contribution is -0.137. The molecule has 2 bridgehead atoms. The van der Waals surface area contributed by atoms with E-state index in [4.69, 9.17) is 18.9 Å². The zero-order chi connectivity index (χ0) is 37.2. The third-order valence-corrected chi connectivity index (χ3v) is 10.6. The summed E-state index contributed by atoms with van der Waals surface area (Å²) < 4.78 is 63.3. The number of nitrogens with one attached hydrogen (secondary N) is 1. The summed E-state index contributed by atoms with van der Waals surface area (Å²) in [6.45, 7) is 4.78. The average molecular weight is 719 g/mol. The zero-order valence-electron chi connectivity index (χ0n) is 29.1. The van der Waals surface area contributed by atoms with Crippen LogP contribution in [0.3, 0.4) is 0 Å². The molecular weight excluding hydrogens is 681 g/mol. The summed E-state index contributed by atoms with van der Waals surface area (Å²) >= 11 is 0. The van der Waals surface area contributed by atoms with Crippen molar-refractivity contribution in [2.45, 2.75) is 70.0 Å². The maximum absolute atomic E-state index is 13.3. The summed E-state index contributed by atoms with van der Waals surface area (Å²) in [4.78, 5) is 30.0. The Bertz CT molecular complexity index is 2060. The van der Waals surface area contributed by atoms with Crippen molar-refractivity contribution < 1.29 is 46.8 Å². The van der Waals surface area contributed by atoms with Gasteiger partial charge in [0.05, 0.1) is 30.8 Å². The second-order valence-corrected chi connectivity index (χ2v) is 13.5. The Morgan fingerprint density at radius 3 is 2.56 bits per heavy atom. The minimum atomic E-state index is -4.54. The molecule has 0 aliphatic carbocycles. The molecule has 2 N–H and O–H groups in total. The van der Waals surface area contributed by atoms with Gasteiger partial charge in [-0.25, -0.2) is 0 Å². The van der Waals surface area contributed by atoms with Crippen molar-refractivity contribution in [2.75, 3.05) is 27.5 Å². The standard InChI is InChI=1S/C38H37F3N4O7/c1-18-11-22-13-25-27(15-42)45-26(32(44(25)4)30(22)33(48)34(18)49-5)14-24-31(37-36(50-17-51-37)19(2)35(24)52-20(3)46)28(45)16-43-29(47)10-9-21-7-6-8-23(12-21)38(39,40)41/h6-12,25-28,32,48H,13-14,16-17H2,1-5H3,(H,43,47)/b10-9+/t25-,26?,27+,28+,32-/m1/s1. The van der Waals surface area contributed by atoms with E-state index in [2.05, 4.69) is 21.2 Å². The molecule has 11 nitrogen and oxygen atoms in total. The number of rotatable bonds is 6. The fourth-order valence-corrected chi connectivity index (χ4v) is 8.56. The molecule has 14 heteroatoms. The maximum atomic E-state index is 13.3. The van der Waals surface area contributed by atoms with E-state index in [1.165, 1.54) is 32.2 Å². The summed E-state index contributed by atoms with van der Waals surface area (Å²) in [7, 11) is 3.42. The van der Waals surface area contributed by atoms with Crippen LogP contribution >= 0.6 is 0 Å². The number of phenols is 1. The number of hydrogen-bond acceptors (Lipinski definition) is 10. The minimum Gasteiger partial charge on any atom is -0.504 e. The Morgan fingerprint density at radius 2 is 1.87 bits per heavy atom. The highest BCUT2D eigenvalue weighted by Gasteiger charge is 2.57. The van der Waals surface area contributed by atoms with Crippen molar-refractivity contribution in [1.82, 2.24) is 15.1 Å². The van der Waals surface area contributed by atoms with Crippen molar-refractivity contribution >= 4 is 18.0 Å². The van der Waals surface area contributed by atoms with E-state index < -0.39 is 47.8 Å². The van der Waals surface area contributed by atoms with Gasteiger partial charge in [-0.1, -0.05) is 18.2 Å². The predicted octanol–water partition coefficient (Wildman–Crippen LogP) is 5.29. The van der Waals surface area contributed by atoms with Gasteiger partial charge >= 0.3 is 12.1 Å². The van der Waals surface area contributed by atoms with Gasteiger partial charge in [-0.3, -0.25) is 19.4 Å². The largest absolute Gasteiger partial charge is 0.504 e. The molecule has 7 rings (SSSR count). The molecule has 1 unspecified atom stereocenters. The molecule has 0 saturated carbocycles. The average Bonchev–Trinajstić information content (AvgIpc) is 3.58. The quantitative estimate of drug-likeness (QED) is 0.197. The van der Waals surface area contributed by atoms with E-state index in [0.717, 1.165) is 29.3 Å². The van der Waals surface area contributed by atoms with Crippen molar-refractivity contribution in [3.05, 3.63) is 80.9 Å². The van der Waals surface area contributed by atoms with Gasteiger partial charge in [-0.2, -0.15) is 18.4 Å². The number of halogens is 3. The number of methoxy groups -OCH3 is 1.